The van der Waals surface area contributed by atoms with E-state index in [0.29, 0.717) is 12.1 Å². The van der Waals surface area contributed by atoms with E-state index in [2.05, 4.69) is 15.9 Å². The number of benzene rings is 1. The predicted molar refractivity (Wildman–Crippen MR) is 54.0 cm³/mol. The molecule has 2 rings (SSSR count). The Hall–Kier alpha value is -0.480. The molecule has 0 atom stereocenters. The van der Waals surface area contributed by atoms with Crippen LogP contribution in [0.5, 0.6) is 0 Å². The van der Waals surface area contributed by atoms with E-state index in [0.717, 1.165) is 12.8 Å². The maximum Gasteiger partial charge on any atom is 0.137 e. The minimum absolute atomic E-state index is 0.159. The van der Waals surface area contributed by atoms with Crippen molar-refractivity contribution in [2.24, 2.45) is 5.73 Å². The predicted octanol–water partition coefficient (Wildman–Crippen LogP) is 2.72. The smallest absolute Gasteiger partial charge is 0.137 e. The minimum atomic E-state index is -0.430. The third-order valence-electron chi connectivity index (χ3n) is 2.83. The molecule has 1 saturated carbocycles. The fourth-order valence-electron chi connectivity index (χ4n) is 1.66. The molecule has 0 aromatic heterocycles. The van der Waals surface area contributed by atoms with E-state index >= 15 is 0 Å². The van der Waals surface area contributed by atoms with Crippen LogP contribution in [-0.4, -0.2) is 6.54 Å². The van der Waals surface area contributed by atoms with Crippen molar-refractivity contribution in [3.63, 3.8) is 0 Å². The zero-order valence-electron chi connectivity index (χ0n) is 7.49. The van der Waals surface area contributed by atoms with Gasteiger partial charge in [0.15, 0.2) is 0 Å². The van der Waals surface area contributed by atoms with Crippen molar-refractivity contribution in [3.05, 3.63) is 33.8 Å². The average Bonchev–Trinajstić information content (AvgIpc) is 2.92. The first-order valence-corrected chi connectivity index (χ1v) is 5.23. The van der Waals surface area contributed by atoms with Crippen LogP contribution in [-0.2, 0) is 5.41 Å². The maximum absolute atomic E-state index is 13.5. The summed E-state index contributed by atoms with van der Waals surface area (Å²) in [6.07, 6.45) is 1.70. The van der Waals surface area contributed by atoms with Crippen LogP contribution in [0.3, 0.4) is 0 Å². The summed E-state index contributed by atoms with van der Waals surface area (Å²) in [6.45, 7) is 0.380. The van der Waals surface area contributed by atoms with E-state index in [1.807, 2.05) is 0 Å². The first-order valence-electron chi connectivity index (χ1n) is 4.44. The summed E-state index contributed by atoms with van der Waals surface area (Å²) in [6, 6.07) is 2.42. The molecule has 1 aromatic rings. The molecule has 0 radical (unpaired) electrons. The maximum atomic E-state index is 13.5. The van der Waals surface area contributed by atoms with Crippen molar-refractivity contribution < 1.29 is 8.78 Å². The number of hydrogen-bond acceptors (Lipinski definition) is 1. The Morgan fingerprint density at radius 3 is 2.43 bits per heavy atom. The first kappa shape index (κ1) is 10.1. The quantitative estimate of drug-likeness (QED) is 0.815. The van der Waals surface area contributed by atoms with Crippen LogP contribution < -0.4 is 5.73 Å². The van der Waals surface area contributed by atoms with Crippen molar-refractivity contribution in [1.82, 2.24) is 0 Å². The Labute approximate surface area is 89.4 Å². The standard InChI is InChI=1S/C10H10BrF2N/c11-7-4-8(12)6(3-9(7)13)10(5-14)1-2-10/h3-4H,1-2,5,14H2. The Balaban J connectivity index is 2.49. The lowest BCUT2D eigenvalue weighted by molar-refractivity contribution is 0.551. The Morgan fingerprint density at radius 1 is 1.29 bits per heavy atom. The summed E-state index contributed by atoms with van der Waals surface area (Å²) in [4.78, 5) is 0. The van der Waals surface area contributed by atoms with E-state index in [9.17, 15) is 8.78 Å². The molecule has 0 saturated heterocycles. The van der Waals surface area contributed by atoms with E-state index in [-0.39, 0.29) is 15.7 Å². The summed E-state index contributed by atoms with van der Waals surface area (Å²) in [5.74, 6) is -0.803. The van der Waals surface area contributed by atoms with Gasteiger partial charge in [-0.2, -0.15) is 0 Å². The Kier molecular flexibility index (Phi) is 2.35. The molecular formula is C10H10BrF2N. The summed E-state index contributed by atoms with van der Waals surface area (Å²) in [7, 11) is 0. The first-order chi connectivity index (χ1) is 6.59. The van der Waals surface area contributed by atoms with Crippen molar-refractivity contribution >= 4 is 15.9 Å². The van der Waals surface area contributed by atoms with Gasteiger partial charge >= 0.3 is 0 Å². The van der Waals surface area contributed by atoms with Gasteiger partial charge < -0.3 is 5.73 Å². The molecule has 76 valence electrons. The van der Waals surface area contributed by atoms with E-state index in [1.54, 1.807) is 0 Å². The number of halogens is 3. The van der Waals surface area contributed by atoms with Crippen LogP contribution in [0.2, 0.25) is 0 Å². The molecule has 1 nitrogen and oxygen atoms in total. The molecule has 1 aliphatic rings. The Morgan fingerprint density at radius 2 is 1.93 bits per heavy atom. The third kappa shape index (κ3) is 1.46. The van der Waals surface area contributed by atoms with E-state index in [4.69, 9.17) is 5.73 Å². The monoisotopic (exact) mass is 261 g/mol. The molecule has 2 N–H and O–H groups in total. The molecule has 0 heterocycles. The van der Waals surface area contributed by atoms with Crippen molar-refractivity contribution in [2.45, 2.75) is 18.3 Å². The lowest BCUT2D eigenvalue weighted by atomic mass is 9.95. The summed E-state index contributed by atoms with van der Waals surface area (Å²) >= 11 is 2.94. The van der Waals surface area contributed by atoms with Gasteiger partial charge in [0, 0.05) is 12.0 Å². The second kappa shape index (κ2) is 3.28. The zero-order chi connectivity index (χ0) is 10.3. The molecule has 4 heteroatoms. The van der Waals surface area contributed by atoms with Crippen molar-refractivity contribution in [2.75, 3.05) is 6.54 Å². The highest BCUT2D eigenvalue weighted by molar-refractivity contribution is 9.10. The van der Waals surface area contributed by atoms with Crippen LogP contribution in [0.4, 0.5) is 8.78 Å². The number of nitrogens with two attached hydrogens (primary N) is 1. The molecule has 1 aliphatic carbocycles. The average molecular weight is 262 g/mol. The molecule has 1 aromatic carbocycles. The summed E-state index contributed by atoms with van der Waals surface area (Å²) < 4.78 is 26.9. The van der Waals surface area contributed by atoms with Gasteiger partial charge in [0.25, 0.3) is 0 Å². The highest BCUT2D eigenvalue weighted by Gasteiger charge is 2.45. The van der Waals surface area contributed by atoms with Gasteiger partial charge in [0.1, 0.15) is 11.6 Å². The minimum Gasteiger partial charge on any atom is -0.330 e. The summed E-state index contributed by atoms with van der Waals surface area (Å²) in [5, 5.41) is 0. The van der Waals surface area contributed by atoms with Crippen molar-refractivity contribution in [3.8, 4) is 0 Å². The van der Waals surface area contributed by atoms with Crippen LogP contribution >= 0.6 is 15.9 Å². The van der Waals surface area contributed by atoms with Crippen LogP contribution in [0, 0.1) is 11.6 Å². The highest BCUT2D eigenvalue weighted by Crippen LogP contribution is 2.48. The summed E-state index contributed by atoms with van der Waals surface area (Å²) in [5.41, 5.74) is 5.67. The SMILES string of the molecule is NCC1(c2cc(F)c(Br)cc2F)CC1. The van der Waals surface area contributed by atoms with Crippen LogP contribution in [0.15, 0.2) is 16.6 Å². The van der Waals surface area contributed by atoms with Gasteiger partial charge in [-0.1, -0.05) is 0 Å². The number of hydrogen-bond donors (Lipinski definition) is 1. The lowest BCUT2D eigenvalue weighted by Gasteiger charge is -2.14. The van der Waals surface area contributed by atoms with Gasteiger partial charge in [0.2, 0.25) is 0 Å². The fourth-order valence-corrected chi connectivity index (χ4v) is 1.98. The van der Waals surface area contributed by atoms with Crippen molar-refractivity contribution in [1.29, 1.82) is 0 Å². The van der Waals surface area contributed by atoms with Gasteiger partial charge in [-0.25, -0.2) is 8.78 Å². The second-order valence-electron chi connectivity index (χ2n) is 3.73. The molecule has 0 spiro atoms. The fraction of sp³-hybridized carbons (Fsp3) is 0.400. The highest BCUT2D eigenvalue weighted by atomic mass is 79.9. The molecule has 0 aliphatic heterocycles. The molecular weight excluding hydrogens is 252 g/mol. The molecule has 0 amide bonds. The Bertz CT molecular complexity index is 375. The van der Waals surface area contributed by atoms with Crippen LogP contribution in [0.1, 0.15) is 18.4 Å². The molecule has 0 bridgehead atoms. The topological polar surface area (TPSA) is 26.0 Å². The third-order valence-corrected chi connectivity index (χ3v) is 3.43. The van der Waals surface area contributed by atoms with E-state index < -0.39 is 5.82 Å². The van der Waals surface area contributed by atoms with E-state index in [1.165, 1.54) is 12.1 Å². The van der Waals surface area contributed by atoms with Gasteiger partial charge in [-0.15, -0.1) is 0 Å². The van der Waals surface area contributed by atoms with Crippen LogP contribution in [0.25, 0.3) is 0 Å². The molecule has 1 fully saturated rings. The van der Waals surface area contributed by atoms with Gasteiger partial charge in [-0.05, 0) is 46.5 Å². The zero-order valence-corrected chi connectivity index (χ0v) is 9.07. The second-order valence-corrected chi connectivity index (χ2v) is 4.58. The largest absolute Gasteiger partial charge is 0.330 e. The normalized spacial score (nSPS) is 18.3. The van der Waals surface area contributed by atoms with Gasteiger partial charge in [-0.3, -0.25) is 0 Å². The molecule has 0 unspecified atom stereocenters. The molecule has 14 heavy (non-hydrogen) atoms. The van der Waals surface area contributed by atoms with Gasteiger partial charge in [0.05, 0.1) is 4.47 Å². The lowest BCUT2D eigenvalue weighted by Crippen LogP contribution is -2.21. The number of rotatable bonds is 2.